The van der Waals surface area contributed by atoms with Crippen LogP contribution in [0, 0.1) is 11.6 Å². The van der Waals surface area contributed by atoms with E-state index in [1.165, 1.54) is 6.07 Å². The van der Waals surface area contributed by atoms with E-state index in [0.717, 1.165) is 17.7 Å². The molecular weight excluding hydrogens is 268 g/mol. The van der Waals surface area contributed by atoms with Crippen molar-refractivity contribution in [3.05, 3.63) is 59.9 Å². The number of aromatic nitrogens is 1. The van der Waals surface area contributed by atoms with Gasteiger partial charge in [-0.25, -0.2) is 8.78 Å². The van der Waals surface area contributed by atoms with Gasteiger partial charge in [-0.1, -0.05) is 0 Å². The van der Waals surface area contributed by atoms with Crippen molar-refractivity contribution in [3.8, 4) is 0 Å². The molecule has 1 aromatic heterocycles. The van der Waals surface area contributed by atoms with Crippen molar-refractivity contribution < 1.29 is 8.78 Å². The first-order chi connectivity index (χ1) is 9.15. The minimum atomic E-state index is -0.687. The Bertz CT molecular complexity index is 575. The maximum Gasteiger partial charge on any atom is 0.171 e. The normalized spacial score (nSPS) is 10.0. The standard InChI is InChI=1S/C13H11F2N3S/c14-10-1-2-12(11(15)7-10)18-13(19)17-8-9-3-5-16-6-4-9/h1-7H,8H2,(H2,17,18,19). The highest BCUT2D eigenvalue weighted by Crippen LogP contribution is 2.14. The number of nitrogens with one attached hydrogen (secondary N) is 2. The molecule has 0 spiro atoms. The second kappa shape index (κ2) is 6.19. The first kappa shape index (κ1) is 13.4. The van der Waals surface area contributed by atoms with Crippen molar-refractivity contribution in [2.24, 2.45) is 0 Å². The van der Waals surface area contributed by atoms with Gasteiger partial charge < -0.3 is 10.6 Å². The van der Waals surface area contributed by atoms with Crippen molar-refractivity contribution >= 4 is 23.0 Å². The van der Waals surface area contributed by atoms with Crippen LogP contribution >= 0.6 is 12.2 Å². The zero-order chi connectivity index (χ0) is 13.7. The molecule has 19 heavy (non-hydrogen) atoms. The third kappa shape index (κ3) is 3.96. The zero-order valence-corrected chi connectivity index (χ0v) is 10.7. The van der Waals surface area contributed by atoms with Crippen LogP contribution in [-0.2, 0) is 6.54 Å². The Hall–Kier alpha value is -2.08. The van der Waals surface area contributed by atoms with Crippen molar-refractivity contribution in [1.29, 1.82) is 0 Å². The molecule has 3 nitrogen and oxygen atoms in total. The fraction of sp³-hybridized carbons (Fsp3) is 0.0769. The lowest BCUT2D eigenvalue weighted by molar-refractivity contribution is 0.586. The highest BCUT2D eigenvalue weighted by Gasteiger charge is 2.05. The van der Waals surface area contributed by atoms with Crippen LogP contribution in [0.4, 0.5) is 14.5 Å². The summed E-state index contributed by atoms with van der Waals surface area (Å²) in [5.74, 6) is -1.31. The summed E-state index contributed by atoms with van der Waals surface area (Å²) >= 11 is 5.03. The van der Waals surface area contributed by atoms with Gasteiger partial charge in [0.15, 0.2) is 5.11 Å². The predicted octanol–water partition coefficient (Wildman–Crippen LogP) is 2.85. The smallest absolute Gasteiger partial charge is 0.171 e. The molecule has 0 radical (unpaired) electrons. The molecule has 2 aromatic rings. The van der Waals surface area contributed by atoms with Crippen molar-refractivity contribution in [2.45, 2.75) is 6.54 Å². The fourth-order valence-electron chi connectivity index (χ4n) is 1.44. The van der Waals surface area contributed by atoms with Crippen LogP contribution in [0.5, 0.6) is 0 Å². The molecule has 2 N–H and O–H groups in total. The lowest BCUT2D eigenvalue weighted by atomic mass is 10.3. The molecule has 6 heteroatoms. The fourth-order valence-corrected chi connectivity index (χ4v) is 1.62. The summed E-state index contributed by atoms with van der Waals surface area (Å²) in [6.45, 7) is 0.497. The van der Waals surface area contributed by atoms with Gasteiger partial charge in [-0.05, 0) is 42.0 Å². The summed E-state index contributed by atoms with van der Waals surface area (Å²) in [4.78, 5) is 3.90. The number of hydrogen-bond donors (Lipinski definition) is 2. The molecule has 0 amide bonds. The number of rotatable bonds is 3. The van der Waals surface area contributed by atoms with Crippen LogP contribution in [-0.4, -0.2) is 10.1 Å². The molecular formula is C13H11F2N3S. The van der Waals surface area contributed by atoms with Crippen molar-refractivity contribution in [1.82, 2.24) is 10.3 Å². The minimum Gasteiger partial charge on any atom is -0.358 e. The largest absolute Gasteiger partial charge is 0.358 e. The number of pyridine rings is 1. The Balaban J connectivity index is 1.91. The van der Waals surface area contributed by atoms with E-state index in [2.05, 4.69) is 15.6 Å². The molecule has 0 saturated carbocycles. The highest BCUT2D eigenvalue weighted by atomic mass is 32.1. The molecule has 98 valence electrons. The van der Waals surface area contributed by atoms with Gasteiger partial charge >= 0.3 is 0 Å². The van der Waals surface area contributed by atoms with Crippen molar-refractivity contribution in [3.63, 3.8) is 0 Å². The molecule has 1 heterocycles. The summed E-state index contributed by atoms with van der Waals surface area (Å²) in [5, 5.41) is 5.86. The van der Waals surface area contributed by atoms with Gasteiger partial charge in [0.1, 0.15) is 11.6 Å². The van der Waals surface area contributed by atoms with Crippen LogP contribution in [0.25, 0.3) is 0 Å². The Morgan fingerprint density at radius 1 is 1.16 bits per heavy atom. The SMILES string of the molecule is Fc1ccc(NC(=S)NCc2ccncc2)c(F)c1. The van der Waals surface area contributed by atoms with Gasteiger partial charge in [0.25, 0.3) is 0 Å². The second-order valence-electron chi connectivity index (χ2n) is 3.79. The van der Waals surface area contributed by atoms with Gasteiger partial charge in [-0.3, -0.25) is 4.98 Å². The minimum absolute atomic E-state index is 0.133. The average molecular weight is 279 g/mol. The molecule has 1 aromatic carbocycles. The van der Waals surface area contributed by atoms with Crippen molar-refractivity contribution in [2.75, 3.05) is 5.32 Å². The number of hydrogen-bond acceptors (Lipinski definition) is 2. The zero-order valence-electron chi connectivity index (χ0n) is 9.86. The monoisotopic (exact) mass is 279 g/mol. The summed E-state index contributed by atoms with van der Waals surface area (Å²) in [7, 11) is 0. The lowest BCUT2D eigenvalue weighted by Gasteiger charge is -2.11. The van der Waals surface area contributed by atoms with Gasteiger partial charge in [0, 0.05) is 25.0 Å². The molecule has 0 aliphatic heterocycles. The maximum absolute atomic E-state index is 13.4. The van der Waals surface area contributed by atoms with E-state index < -0.39 is 11.6 Å². The van der Waals surface area contributed by atoms with Gasteiger partial charge in [0.05, 0.1) is 5.69 Å². The highest BCUT2D eigenvalue weighted by molar-refractivity contribution is 7.80. The van der Waals surface area contributed by atoms with E-state index in [4.69, 9.17) is 12.2 Å². The van der Waals surface area contributed by atoms with Crippen LogP contribution in [0.1, 0.15) is 5.56 Å². The number of halogens is 2. The van der Waals surface area contributed by atoms with E-state index in [1.807, 2.05) is 12.1 Å². The molecule has 0 bridgehead atoms. The van der Waals surface area contributed by atoms with Crippen LogP contribution in [0.3, 0.4) is 0 Å². The first-order valence-corrected chi connectivity index (χ1v) is 5.95. The van der Waals surface area contributed by atoms with Gasteiger partial charge in [-0.2, -0.15) is 0 Å². The summed E-state index contributed by atoms with van der Waals surface area (Å²) in [5.41, 5.74) is 1.13. The van der Waals surface area contributed by atoms with E-state index >= 15 is 0 Å². The Labute approximate surface area is 114 Å². The molecule has 0 aliphatic rings. The quantitative estimate of drug-likeness (QED) is 0.847. The lowest BCUT2D eigenvalue weighted by Crippen LogP contribution is -2.28. The maximum atomic E-state index is 13.4. The third-order valence-electron chi connectivity index (χ3n) is 2.38. The summed E-state index contributed by atoms with van der Waals surface area (Å²) in [6, 6.07) is 6.94. The van der Waals surface area contributed by atoms with E-state index in [0.29, 0.717) is 6.54 Å². The van der Waals surface area contributed by atoms with E-state index in [1.54, 1.807) is 12.4 Å². The molecule has 0 fully saturated rings. The Kier molecular flexibility index (Phi) is 4.35. The number of benzene rings is 1. The number of nitrogens with zero attached hydrogens (tertiary/aromatic N) is 1. The number of thiocarbonyl (C=S) groups is 1. The summed E-state index contributed by atoms with van der Waals surface area (Å²) < 4.78 is 26.1. The first-order valence-electron chi connectivity index (χ1n) is 5.54. The average Bonchev–Trinajstić information content (AvgIpc) is 2.41. The van der Waals surface area contributed by atoms with Crippen LogP contribution < -0.4 is 10.6 Å². The molecule has 2 rings (SSSR count). The summed E-state index contributed by atoms with van der Waals surface area (Å²) in [6.07, 6.45) is 3.35. The van der Waals surface area contributed by atoms with Gasteiger partial charge in [-0.15, -0.1) is 0 Å². The topological polar surface area (TPSA) is 37.0 Å². The Morgan fingerprint density at radius 2 is 1.89 bits per heavy atom. The van der Waals surface area contributed by atoms with Gasteiger partial charge in [0.2, 0.25) is 0 Å². The predicted molar refractivity (Wildman–Crippen MR) is 73.7 cm³/mol. The number of anilines is 1. The van der Waals surface area contributed by atoms with E-state index in [-0.39, 0.29) is 10.8 Å². The molecule has 0 unspecified atom stereocenters. The van der Waals surface area contributed by atoms with E-state index in [9.17, 15) is 8.78 Å². The molecule has 0 saturated heterocycles. The molecule has 0 atom stereocenters. The van der Waals surface area contributed by atoms with Crippen LogP contribution in [0.15, 0.2) is 42.7 Å². The Morgan fingerprint density at radius 3 is 2.58 bits per heavy atom. The molecule has 0 aliphatic carbocycles. The second-order valence-corrected chi connectivity index (χ2v) is 4.20. The van der Waals surface area contributed by atoms with Crippen LogP contribution in [0.2, 0.25) is 0 Å². The third-order valence-corrected chi connectivity index (χ3v) is 2.63.